The zero-order valence-electron chi connectivity index (χ0n) is 11.9. The maximum absolute atomic E-state index is 11.6. The Labute approximate surface area is 105 Å². The third kappa shape index (κ3) is 3.44. The second kappa shape index (κ2) is 4.97. The third-order valence-corrected chi connectivity index (χ3v) is 4.08. The number of likely N-dealkylation sites (tertiary alicyclic amines) is 1. The summed E-state index contributed by atoms with van der Waals surface area (Å²) in [6.45, 7) is 12.4. The smallest absolute Gasteiger partial charge is 0.323 e. The Balaban J connectivity index is 2.76. The molecule has 3 nitrogen and oxygen atoms in total. The molecule has 0 bridgehead atoms. The van der Waals surface area contributed by atoms with Crippen LogP contribution in [0.5, 0.6) is 0 Å². The minimum absolute atomic E-state index is 0.369. The molecule has 0 aromatic rings. The first kappa shape index (κ1) is 14.5. The van der Waals surface area contributed by atoms with Gasteiger partial charge in [-0.1, -0.05) is 27.7 Å². The normalized spacial score (nSPS) is 24.6. The van der Waals surface area contributed by atoms with Crippen molar-refractivity contribution in [1.29, 1.82) is 0 Å². The maximum Gasteiger partial charge on any atom is 0.323 e. The minimum atomic E-state index is -0.690. The second-order valence-corrected chi connectivity index (χ2v) is 6.83. The first-order chi connectivity index (χ1) is 7.67. The molecule has 17 heavy (non-hydrogen) atoms. The van der Waals surface area contributed by atoms with Crippen LogP contribution in [0, 0.1) is 11.3 Å². The number of rotatable bonds is 4. The van der Waals surface area contributed by atoms with Crippen molar-refractivity contribution in [3.8, 4) is 0 Å². The molecule has 3 heteroatoms. The molecule has 1 rings (SSSR count). The van der Waals surface area contributed by atoms with Gasteiger partial charge < -0.3 is 5.11 Å². The molecular weight excluding hydrogens is 214 g/mol. The van der Waals surface area contributed by atoms with Gasteiger partial charge in [0.15, 0.2) is 0 Å². The molecule has 1 heterocycles. The lowest BCUT2D eigenvalue weighted by molar-refractivity contribution is -0.153. The van der Waals surface area contributed by atoms with Gasteiger partial charge in [0, 0.05) is 0 Å². The third-order valence-electron chi connectivity index (χ3n) is 4.08. The zero-order chi connectivity index (χ0) is 13.3. The van der Waals surface area contributed by atoms with Gasteiger partial charge in [0.05, 0.1) is 0 Å². The molecule has 0 radical (unpaired) electrons. The van der Waals surface area contributed by atoms with E-state index in [2.05, 4.69) is 32.6 Å². The second-order valence-electron chi connectivity index (χ2n) is 6.83. The Hall–Kier alpha value is -0.570. The highest BCUT2D eigenvalue weighted by molar-refractivity contribution is 5.78. The molecule has 0 aromatic carbocycles. The molecule has 1 fully saturated rings. The van der Waals surface area contributed by atoms with Crippen molar-refractivity contribution in [3.63, 3.8) is 0 Å². The molecule has 100 valence electrons. The highest BCUT2D eigenvalue weighted by Gasteiger charge is 2.42. The highest BCUT2D eigenvalue weighted by atomic mass is 16.4. The Morgan fingerprint density at radius 2 is 1.82 bits per heavy atom. The molecule has 0 aromatic heterocycles. The van der Waals surface area contributed by atoms with Gasteiger partial charge in [0.2, 0.25) is 0 Å². The van der Waals surface area contributed by atoms with Gasteiger partial charge >= 0.3 is 5.97 Å². The van der Waals surface area contributed by atoms with Gasteiger partial charge in [-0.2, -0.15) is 0 Å². The van der Waals surface area contributed by atoms with E-state index in [1.165, 1.54) is 0 Å². The summed E-state index contributed by atoms with van der Waals surface area (Å²) >= 11 is 0. The summed E-state index contributed by atoms with van der Waals surface area (Å²) in [5.41, 5.74) is -0.321. The number of nitrogens with zero attached hydrogens (tertiary/aromatic N) is 1. The summed E-state index contributed by atoms with van der Waals surface area (Å²) in [5.74, 6) is -0.267. The summed E-state index contributed by atoms with van der Waals surface area (Å²) in [6.07, 6.45) is 2.91. The van der Waals surface area contributed by atoms with Crippen LogP contribution in [-0.4, -0.2) is 34.6 Å². The minimum Gasteiger partial charge on any atom is -0.480 e. The average Bonchev–Trinajstić information content (AvgIpc) is 2.15. The molecular formula is C14H27NO2. The van der Waals surface area contributed by atoms with E-state index in [0.29, 0.717) is 11.3 Å². The van der Waals surface area contributed by atoms with Crippen LogP contribution in [0.15, 0.2) is 0 Å². The van der Waals surface area contributed by atoms with E-state index in [1.807, 2.05) is 6.92 Å². The number of carbonyl (C=O) groups is 1. The fourth-order valence-corrected chi connectivity index (χ4v) is 2.75. The monoisotopic (exact) mass is 241 g/mol. The predicted molar refractivity (Wildman–Crippen MR) is 70.1 cm³/mol. The van der Waals surface area contributed by atoms with Crippen molar-refractivity contribution in [3.05, 3.63) is 0 Å². The Bertz CT molecular complexity index is 276. The Morgan fingerprint density at radius 1 is 1.35 bits per heavy atom. The SMILES string of the molecule is CC(C)CC(C)(C(=O)O)N1CCC(C)(C)CC1. The molecule has 1 atom stereocenters. The lowest BCUT2D eigenvalue weighted by atomic mass is 9.79. The van der Waals surface area contributed by atoms with Crippen molar-refractivity contribution >= 4 is 5.97 Å². The van der Waals surface area contributed by atoms with E-state index in [-0.39, 0.29) is 0 Å². The largest absolute Gasteiger partial charge is 0.480 e. The fraction of sp³-hybridized carbons (Fsp3) is 0.929. The van der Waals surface area contributed by atoms with Crippen molar-refractivity contribution in [2.75, 3.05) is 13.1 Å². The van der Waals surface area contributed by atoms with Gasteiger partial charge in [-0.05, 0) is 50.6 Å². The van der Waals surface area contributed by atoms with E-state index < -0.39 is 11.5 Å². The fourth-order valence-electron chi connectivity index (χ4n) is 2.75. The van der Waals surface area contributed by atoms with Crippen LogP contribution in [0.25, 0.3) is 0 Å². The topological polar surface area (TPSA) is 40.5 Å². The Morgan fingerprint density at radius 3 is 2.18 bits per heavy atom. The van der Waals surface area contributed by atoms with Gasteiger partial charge in [0.1, 0.15) is 5.54 Å². The van der Waals surface area contributed by atoms with E-state index in [0.717, 1.165) is 32.4 Å². The number of hydrogen-bond donors (Lipinski definition) is 1. The molecule has 1 N–H and O–H groups in total. The van der Waals surface area contributed by atoms with Crippen LogP contribution in [0.4, 0.5) is 0 Å². The summed E-state index contributed by atoms with van der Waals surface area (Å²) in [7, 11) is 0. The predicted octanol–water partition coefficient (Wildman–Crippen LogP) is 3.00. The average molecular weight is 241 g/mol. The highest BCUT2D eigenvalue weighted by Crippen LogP contribution is 2.35. The zero-order valence-corrected chi connectivity index (χ0v) is 11.9. The number of hydrogen-bond acceptors (Lipinski definition) is 2. The first-order valence-corrected chi connectivity index (χ1v) is 6.66. The van der Waals surface area contributed by atoms with Crippen molar-refractivity contribution in [2.24, 2.45) is 11.3 Å². The van der Waals surface area contributed by atoms with Crippen molar-refractivity contribution in [2.45, 2.75) is 59.4 Å². The quantitative estimate of drug-likeness (QED) is 0.822. The van der Waals surface area contributed by atoms with E-state index in [9.17, 15) is 9.90 Å². The van der Waals surface area contributed by atoms with Crippen molar-refractivity contribution in [1.82, 2.24) is 4.90 Å². The van der Waals surface area contributed by atoms with Crippen molar-refractivity contribution < 1.29 is 9.90 Å². The van der Waals surface area contributed by atoms with Crippen LogP contribution in [0.3, 0.4) is 0 Å². The van der Waals surface area contributed by atoms with E-state index in [1.54, 1.807) is 0 Å². The van der Waals surface area contributed by atoms with Gasteiger partial charge in [-0.25, -0.2) is 0 Å². The number of aliphatic carboxylic acids is 1. The molecule has 0 spiro atoms. The van der Waals surface area contributed by atoms with Crippen LogP contribution < -0.4 is 0 Å². The molecule has 1 unspecified atom stereocenters. The molecule has 1 aliphatic rings. The van der Waals surface area contributed by atoms with Crippen LogP contribution in [0.2, 0.25) is 0 Å². The van der Waals surface area contributed by atoms with Crippen LogP contribution in [0.1, 0.15) is 53.9 Å². The Kier molecular flexibility index (Phi) is 4.23. The van der Waals surface area contributed by atoms with Gasteiger partial charge in [0.25, 0.3) is 0 Å². The molecule has 1 saturated heterocycles. The number of carboxylic acids is 1. The van der Waals surface area contributed by atoms with E-state index in [4.69, 9.17) is 0 Å². The summed E-state index contributed by atoms with van der Waals surface area (Å²) in [6, 6.07) is 0. The maximum atomic E-state index is 11.6. The molecule has 0 amide bonds. The van der Waals surface area contributed by atoms with E-state index >= 15 is 0 Å². The summed E-state index contributed by atoms with van der Waals surface area (Å²) in [5, 5.41) is 9.52. The number of piperidine rings is 1. The molecule has 0 saturated carbocycles. The standard InChI is InChI=1S/C14H27NO2/c1-11(2)10-14(5,12(16)17)15-8-6-13(3,4)7-9-15/h11H,6-10H2,1-5H3,(H,16,17). The lowest BCUT2D eigenvalue weighted by Gasteiger charge is -2.45. The van der Waals surface area contributed by atoms with Gasteiger partial charge in [-0.3, -0.25) is 9.69 Å². The molecule has 0 aliphatic carbocycles. The summed E-state index contributed by atoms with van der Waals surface area (Å²) < 4.78 is 0. The molecule has 1 aliphatic heterocycles. The first-order valence-electron chi connectivity index (χ1n) is 6.66. The van der Waals surface area contributed by atoms with Gasteiger partial charge in [-0.15, -0.1) is 0 Å². The lowest BCUT2D eigenvalue weighted by Crippen LogP contribution is -2.56. The van der Waals surface area contributed by atoms with Crippen LogP contribution >= 0.6 is 0 Å². The number of carboxylic acid groups (broad SMARTS) is 1. The van der Waals surface area contributed by atoms with Crippen LogP contribution in [-0.2, 0) is 4.79 Å². The summed E-state index contributed by atoms with van der Waals surface area (Å²) in [4.78, 5) is 13.7.